The van der Waals surface area contributed by atoms with Gasteiger partial charge in [0.1, 0.15) is 11.4 Å². The minimum atomic E-state index is -0.501. The van der Waals surface area contributed by atoms with Gasteiger partial charge in [-0.05, 0) is 82.4 Å². The first kappa shape index (κ1) is 28.4. The third kappa shape index (κ3) is 6.86. The number of amides is 2. The monoisotopic (exact) mass is 537 g/mol. The number of nitrogens with zero attached hydrogens (tertiary/aromatic N) is 4. The number of carbonyl (C=O) groups excluding carboxylic acids is 2. The lowest BCUT2D eigenvalue weighted by molar-refractivity contribution is -0.116. The number of carbonyl (C=O) groups is 2. The molecule has 0 saturated carbocycles. The van der Waals surface area contributed by atoms with E-state index in [4.69, 9.17) is 14.2 Å². The van der Waals surface area contributed by atoms with Gasteiger partial charge in [0.25, 0.3) is 0 Å². The number of hydrogen-bond donors (Lipinski definition) is 1. The van der Waals surface area contributed by atoms with E-state index < -0.39 is 5.60 Å². The van der Waals surface area contributed by atoms with Crippen molar-refractivity contribution < 1.29 is 23.8 Å². The lowest BCUT2D eigenvalue weighted by Crippen LogP contribution is -2.53. The topological polar surface area (TPSA) is 106 Å². The molecule has 2 amide bonds. The summed E-state index contributed by atoms with van der Waals surface area (Å²) in [5, 5.41) is 11.6. The zero-order valence-electron chi connectivity index (χ0n) is 23.6. The van der Waals surface area contributed by atoms with Crippen LogP contribution in [0, 0.1) is 0 Å². The highest BCUT2D eigenvalue weighted by Crippen LogP contribution is 2.39. The summed E-state index contributed by atoms with van der Waals surface area (Å²) in [5.74, 6) is 1.17. The van der Waals surface area contributed by atoms with Gasteiger partial charge < -0.3 is 29.3 Å². The Hall–Kier alpha value is -3.66. The maximum atomic E-state index is 12.8. The van der Waals surface area contributed by atoms with Crippen LogP contribution in [-0.2, 0) is 14.3 Å². The van der Waals surface area contributed by atoms with Crippen molar-refractivity contribution in [2.75, 3.05) is 32.9 Å². The van der Waals surface area contributed by atoms with Gasteiger partial charge in [0.15, 0.2) is 12.6 Å². The summed E-state index contributed by atoms with van der Waals surface area (Å²) in [6.45, 7) is 5.79. The van der Waals surface area contributed by atoms with Crippen LogP contribution in [0.1, 0.15) is 52.0 Å². The van der Waals surface area contributed by atoms with Gasteiger partial charge in [-0.25, -0.2) is 4.79 Å². The average molecular weight is 538 g/mol. The number of rotatable bonds is 8. The molecule has 0 radical (unpaired) electrons. The van der Waals surface area contributed by atoms with Crippen molar-refractivity contribution in [3.8, 4) is 17.0 Å². The molecule has 10 heteroatoms. The molecule has 210 valence electrons. The van der Waals surface area contributed by atoms with Gasteiger partial charge in [-0.15, -0.1) is 10.2 Å². The van der Waals surface area contributed by atoms with Crippen molar-refractivity contribution in [3.05, 3.63) is 42.0 Å². The molecule has 39 heavy (non-hydrogen) atoms. The molecule has 1 aromatic heterocycles. The molecule has 2 bridgehead atoms. The molecule has 2 aliphatic heterocycles. The maximum absolute atomic E-state index is 12.8. The Morgan fingerprint density at radius 3 is 2.44 bits per heavy atom. The van der Waals surface area contributed by atoms with Crippen LogP contribution >= 0.6 is 0 Å². The highest BCUT2D eigenvalue weighted by molar-refractivity contribution is 5.91. The van der Waals surface area contributed by atoms with E-state index >= 15 is 0 Å². The van der Waals surface area contributed by atoms with Crippen LogP contribution in [0.25, 0.3) is 17.3 Å². The highest BCUT2D eigenvalue weighted by Gasteiger charge is 2.46. The second kappa shape index (κ2) is 12.0. The standard InChI is InChI=1S/C29H39N5O5/c1-29(2,3)39-28(36)34-20-9-10-21(34)17-22(16-20)33(5)26-13-12-24(31-32-26)23-11-7-19(8-14-27(35)30-4)15-25(23)38-18-37-6/h7-8,11-15,20-22H,9-10,16-18H2,1-6H3,(H,30,35)/b14-8+/t20-,21-/m0/s1. The maximum Gasteiger partial charge on any atom is 0.410 e. The van der Waals surface area contributed by atoms with Crippen molar-refractivity contribution in [2.45, 2.75) is 70.2 Å². The van der Waals surface area contributed by atoms with Crippen LogP contribution in [0.5, 0.6) is 5.75 Å². The summed E-state index contributed by atoms with van der Waals surface area (Å²) in [7, 11) is 5.18. The summed E-state index contributed by atoms with van der Waals surface area (Å²) in [5.41, 5.74) is 1.75. The molecule has 4 rings (SSSR count). The van der Waals surface area contributed by atoms with Crippen LogP contribution in [0.4, 0.5) is 10.6 Å². The van der Waals surface area contributed by atoms with Crippen molar-refractivity contribution >= 4 is 23.9 Å². The minimum Gasteiger partial charge on any atom is -0.467 e. The molecule has 0 spiro atoms. The first-order chi connectivity index (χ1) is 18.6. The van der Waals surface area contributed by atoms with E-state index in [0.29, 0.717) is 11.4 Å². The highest BCUT2D eigenvalue weighted by atomic mass is 16.7. The molecule has 2 fully saturated rings. The van der Waals surface area contributed by atoms with E-state index in [2.05, 4.69) is 20.4 Å². The van der Waals surface area contributed by atoms with Gasteiger partial charge in [0.05, 0.1) is 5.69 Å². The van der Waals surface area contributed by atoms with Crippen molar-refractivity contribution in [2.24, 2.45) is 0 Å². The predicted molar refractivity (Wildman–Crippen MR) is 149 cm³/mol. The normalized spacial score (nSPS) is 20.7. The lowest BCUT2D eigenvalue weighted by Gasteiger charge is -2.42. The Balaban J connectivity index is 1.47. The number of likely N-dealkylation sites (N-methyl/N-ethyl adjacent to an activating group) is 1. The smallest absolute Gasteiger partial charge is 0.410 e. The van der Waals surface area contributed by atoms with Crippen LogP contribution < -0.4 is 15.0 Å². The van der Waals surface area contributed by atoms with Crippen molar-refractivity contribution in [3.63, 3.8) is 0 Å². The largest absolute Gasteiger partial charge is 0.467 e. The number of piperidine rings is 1. The number of methoxy groups -OCH3 is 1. The molecule has 3 heterocycles. The number of hydrogen-bond acceptors (Lipinski definition) is 8. The van der Waals surface area contributed by atoms with E-state index in [0.717, 1.165) is 42.6 Å². The Morgan fingerprint density at radius 2 is 1.85 bits per heavy atom. The second-order valence-electron chi connectivity index (χ2n) is 11.0. The molecular formula is C29H39N5O5. The van der Waals surface area contributed by atoms with Crippen molar-refractivity contribution in [1.29, 1.82) is 0 Å². The zero-order valence-corrected chi connectivity index (χ0v) is 23.6. The molecule has 0 aliphatic carbocycles. The van der Waals surface area contributed by atoms with Crippen LogP contribution in [-0.4, -0.2) is 78.8 Å². The van der Waals surface area contributed by atoms with Gasteiger partial charge >= 0.3 is 6.09 Å². The SMILES string of the molecule is CNC(=O)/C=C/c1ccc(-c2ccc(N(C)C3C[C@@H]4CC[C@@H](C3)N4C(=O)OC(C)(C)C)nn2)c(OCOC)c1. The molecule has 2 saturated heterocycles. The lowest BCUT2D eigenvalue weighted by atomic mass is 9.96. The second-order valence-corrected chi connectivity index (χ2v) is 11.0. The van der Waals surface area contributed by atoms with E-state index in [-0.39, 0.29) is 36.9 Å². The fourth-order valence-corrected chi connectivity index (χ4v) is 5.27. The summed E-state index contributed by atoms with van der Waals surface area (Å²) >= 11 is 0. The van der Waals surface area contributed by atoms with Gasteiger partial charge in [0.2, 0.25) is 5.91 Å². The summed E-state index contributed by atoms with van der Waals surface area (Å²) in [6, 6.07) is 10.1. The number of fused-ring (bicyclic) bond motifs is 2. The van der Waals surface area contributed by atoms with E-state index in [1.165, 1.54) is 6.08 Å². The first-order valence-electron chi connectivity index (χ1n) is 13.3. The van der Waals surface area contributed by atoms with Crippen molar-refractivity contribution in [1.82, 2.24) is 20.4 Å². The molecule has 0 unspecified atom stereocenters. The zero-order chi connectivity index (χ0) is 28.2. The Labute approximate surface area is 230 Å². The summed E-state index contributed by atoms with van der Waals surface area (Å²) in [6.07, 6.45) is 6.71. The van der Waals surface area contributed by atoms with Gasteiger partial charge in [-0.2, -0.15) is 0 Å². The molecule has 2 atom stereocenters. The first-order valence-corrected chi connectivity index (χ1v) is 13.3. The van der Waals surface area contributed by atoms with E-state index in [1.807, 2.05) is 63.1 Å². The van der Waals surface area contributed by atoms with Gasteiger partial charge in [-0.3, -0.25) is 4.79 Å². The Kier molecular flexibility index (Phi) is 8.74. The quantitative estimate of drug-likeness (QED) is 0.394. The fraction of sp³-hybridized carbons (Fsp3) is 0.517. The predicted octanol–water partition coefficient (Wildman–Crippen LogP) is 4.25. The van der Waals surface area contributed by atoms with Gasteiger partial charge in [-0.1, -0.05) is 6.07 Å². The Morgan fingerprint density at radius 1 is 1.13 bits per heavy atom. The fourth-order valence-electron chi connectivity index (χ4n) is 5.27. The molecule has 2 aromatic rings. The number of ether oxygens (including phenoxy) is 3. The van der Waals surface area contributed by atoms with Crippen LogP contribution in [0.2, 0.25) is 0 Å². The van der Waals surface area contributed by atoms with Gasteiger partial charge in [0, 0.05) is 51.0 Å². The summed E-state index contributed by atoms with van der Waals surface area (Å²) in [4.78, 5) is 28.5. The molecule has 1 N–H and O–H groups in total. The molecule has 2 aliphatic rings. The number of anilines is 1. The van der Waals surface area contributed by atoms with Crippen LogP contribution in [0.3, 0.4) is 0 Å². The number of aromatic nitrogens is 2. The third-order valence-corrected chi connectivity index (χ3v) is 7.16. The third-order valence-electron chi connectivity index (χ3n) is 7.16. The minimum absolute atomic E-state index is 0.0776. The molecular weight excluding hydrogens is 498 g/mol. The molecule has 10 nitrogen and oxygen atoms in total. The summed E-state index contributed by atoms with van der Waals surface area (Å²) < 4.78 is 16.6. The van der Waals surface area contributed by atoms with E-state index in [1.54, 1.807) is 20.2 Å². The number of nitrogens with one attached hydrogen (secondary N) is 1. The average Bonchev–Trinajstić information content (AvgIpc) is 3.18. The van der Waals surface area contributed by atoms with E-state index in [9.17, 15) is 9.59 Å². The number of benzene rings is 1. The molecule has 1 aromatic carbocycles. The Bertz CT molecular complexity index is 1180. The van der Waals surface area contributed by atoms with Crippen LogP contribution in [0.15, 0.2) is 36.4 Å².